The number of ether oxygens (including phenoxy) is 1. The molecule has 2 unspecified atom stereocenters. The first-order chi connectivity index (χ1) is 12.6. The molecule has 1 aromatic heterocycles. The van der Waals surface area contributed by atoms with Crippen LogP contribution in [0.25, 0.3) is 0 Å². The van der Waals surface area contributed by atoms with Gasteiger partial charge in [-0.3, -0.25) is 4.79 Å². The molecule has 1 fully saturated rings. The molecule has 0 N–H and O–H groups in total. The van der Waals surface area contributed by atoms with Crippen LogP contribution < -0.4 is 9.80 Å². The van der Waals surface area contributed by atoms with E-state index in [2.05, 4.69) is 22.9 Å². The highest BCUT2D eigenvalue weighted by molar-refractivity contribution is 6.10. The van der Waals surface area contributed by atoms with Crippen LogP contribution in [0.5, 0.6) is 0 Å². The number of carbonyl (C=O) groups is 1. The molecule has 1 saturated heterocycles. The van der Waals surface area contributed by atoms with Crippen molar-refractivity contribution in [1.82, 2.24) is 4.98 Å². The fraction of sp³-hybridized carbons (Fsp3) is 0.429. The van der Waals surface area contributed by atoms with E-state index in [0.717, 1.165) is 44.0 Å². The van der Waals surface area contributed by atoms with E-state index in [1.165, 1.54) is 5.56 Å². The van der Waals surface area contributed by atoms with Crippen molar-refractivity contribution in [3.63, 3.8) is 0 Å². The molecule has 5 heteroatoms. The first-order valence-corrected chi connectivity index (χ1v) is 9.31. The number of hydrogen-bond acceptors (Lipinski definition) is 4. The predicted octanol–water partition coefficient (Wildman–Crippen LogP) is 3.15. The van der Waals surface area contributed by atoms with Crippen molar-refractivity contribution in [3.8, 4) is 0 Å². The third kappa shape index (κ3) is 3.19. The summed E-state index contributed by atoms with van der Waals surface area (Å²) in [5, 5.41) is 0. The van der Waals surface area contributed by atoms with Crippen LogP contribution in [-0.4, -0.2) is 43.7 Å². The van der Waals surface area contributed by atoms with Crippen LogP contribution in [0.15, 0.2) is 42.6 Å². The summed E-state index contributed by atoms with van der Waals surface area (Å²) in [7, 11) is 1.99. The lowest BCUT2D eigenvalue weighted by Crippen LogP contribution is -2.34. The van der Waals surface area contributed by atoms with Crippen LogP contribution in [0.4, 0.5) is 11.5 Å². The quantitative estimate of drug-likeness (QED) is 0.849. The number of para-hydroxylation sites is 1. The molecule has 0 radical (unpaired) electrons. The van der Waals surface area contributed by atoms with Gasteiger partial charge in [0, 0.05) is 38.6 Å². The number of amides is 1. The number of hydrogen-bond donors (Lipinski definition) is 0. The van der Waals surface area contributed by atoms with Gasteiger partial charge in [0.2, 0.25) is 0 Å². The number of fused-ring (bicyclic) bond motifs is 1. The summed E-state index contributed by atoms with van der Waals surface area (Å²) in [6.45, 7) is 4.50. The lowest BCUT2D eigenvalue weighted by atomic mass is 10.1. The molecule has 136 valence electrons. The van der Waals surface area contributed by atoms with Crippen LogP contribution in [0, 0.1) is 5.92 Å². The van der Waals surface area contributed by atoms with Crippen molar-refractivity contribution in [1.29, 1.82) is 0 Å². The summed E-state index contributed by atoms with van der Waals surface area (Å²) in [5.41, 5.74) is 2.90. The third-order valence-corrected chi connectivity index (χ3v) is 5.27. The van der Waals surface area contributed by atoms with Gasteiger partial charge in [-0.25, -0.2) is 4.98 Å². The SMILES string of the molecule is CC1COC(CN(C)c2ncccc2C(=O)N2CCc3ccccc32)C1. The minimum atomic E-state index is 0.0191. The van der Waals surface area contributed by atoms with Crippen LogP contribution in [0.2, 0.25) is 0 Å². The van der Waals surface area contributed by atoms with Crippen molar-refractivity contribution >= 4 is 17.4 Å². The zero-order valence-corrected chi connectivity index (χ0v) is 15.4. The van der Waals surface area contributed by atoms with Crippen molar-refractivity contribution in [2.45, 2.75) is 25.9 Å². The third-order valence-electron chi connectivity index (χ3n) is 5.27. The Balaban J connectivity index is 1.57. The van der Waals surface area contributed by atoms with Crippen molar-refractivity contribution in [2.75, 3.05) is 36.5 Å². The number of anilines is 2. The number of aromatic nitrogens is 1. The van der Waals surface area contributed by atoms with Gasteiger partial charge >= 0.3 is 0 Å². The lowest BCUT2D eigenvalue weighted by Gasteiger charge is -2.25. The zero-order chi connectivity index (χ0) is 18.1. The molecule has 4 rings (SSSR count). The van der Waals surface area contributed by atoms with Crippen molar-refractivity contribution in [2.24, 2.45) is 5.92 Å². The highest BCUT2D eigenvalue weighted by atomic mass is 16.5. The monoisotopic (exact) mass is 351 g/mol. The molecule has 0 spiro atoms. The maximum atomic E-state index is 13.3. The number of likely N-dealkylation sites (N-methyl/N-ethyl adjacent to an activating group) is 1. The summed E-state index contributed by atoms with van der Waals surface area (Å²) in [6, 6.07) is 11.8. The van der Waals surface area contributed by atoms with Gasteiger partial charge in [0.25, 0.3) is 5.91 Å². The molecule has 0 saturated carbocycles. The normalized spacial score (nSPS) is 21.7. The van der Waals surface area contributed by atoms with Crippen LogP contribution in [0.3, 0.4) is 0 Å². The van der Waals surface area contributed by atoms with E-state index >= 15 is 0 Å². The molecule has 0 bridgehead atoms. The highest BCUT2D eigenvalue weighted by Crippen LogP contribution is 2.30. The molecule has 5 nitrogen and oxygen atoms in total. The Labute approximate surface area is 154 Å². The first kappa shape index (κ1) is 17.0. The van der Waals surface area contributed by atoms with E-state index in [1.54, 1.807) is 6.20 Å². The Morgan fingerprint density at radius 3 is 2.96 bits per heavy atom. The van der Waals surface area contributed by atoms with Gasteiger partial charge in [0.1, 0.15) is 5.82 Å². The fourth-order valence-electron chi connectivity index (χ4n) is 3.97. The van der Waals surface area contributed by atoms with Gasteiger partial charge in [-0.15, -0.1) is 0 Å². The Morgan fingerprint density at radius 1 is 1.31 bits per heavy atom. The first-order valence-electron chi connectivity index (χ1n) is 9.31. The second kappa shape index (κ2) is 7.08. The molecule has 2 atom stereocenters. The van der Waals surface area contributed by atoms with E-state index < -0.39 is 0 Å². The van der Waals surface area contributed by atoms with Gasteiger partial charge in [-0.05, 0) is 42.5 Å². The number of benzene rings is 1. The van der Waals surface area contributed by atoms with E-state index in [-0.39, 0.29) is 12.0 Å². The van der Waals surface area contributed by atoms with E-state index in [0.29, 0.717) is 11.5 Å². The van der Waals surface area contributed by atoms with Crippen molar-refractivity contribution < 1.29 is 9.53 Å². The van der Waals surface area contributed by atoms with Gasteiger partial charge in [0.05, 0.1) is 11.7 Å². The molecule has 1 aromatic carbocycles. The number of nitrogens with zero attached hydrogens (tertiary/aromatic N) is 3. The zero-order valence-electron chi connectivity index (χ0n) is 15.4. The summed E-state index contributed by atoms with van der Waals surface area (Å²) < 4.78 is 5.84. The smallest absolute Gasteiger partial charge is 0.262 e. The summed E-state index contributed by atoms with van der Waals surface area (Å²) in [5.74, 6) is 1.34. The highest BCUT2D eigenvalue weighted by Gasteiger charge is 2.29. The van der Waals surface area contributed by atoms with Crippen LogP contribution in [-0.2, 0) is 11.2 Å². The molecule has 3 heterocycles. The topological polar surface area (TPSA) is 45.7 Å². The average molecular weight is 351 g/mol. The standard InChI is InChI=1S/C21H25N3O2/c1-15-12-17(26-14-15)13-23(2)20-18(7-5-10-22-20)21(25)24-11-9-16-6-3-4-8-19(16)24/h3-8,10,15,17H,9,11-14H2,1-2H3. The average Bonchev–Trinajstić information content (AvgIpc) is 3.27. The minimum absolute atomic E-state index is 0.0191. The van der Waals surface area contributed by atoms with Gasteiger partial charge < -0.3 is 14.5 Å². The van der Waals surface area contributed by atoms with Gasteiger partial charge in [-0.2, -0.15) is 0 Å². The molecule has 2 aliphatic heterocycles. The second-order valence-electron chi connectivity index (χ2n) is 7.39. The molecule has 26 heavy (non-hydrogen) atoms. The number of carbonyl (C=O) groups excluding carboxylic acids is 1. The maximum Gasteiger partial charge on any atom is 0.262 e. The number of rotatable bonds is 4. The lowest BCUT2D eigenvalue weighted by molar-refractivity contribution is 0.0988. The molecule has 0 aliphatic carbocycles. The van der Waals surface area contributed by atoms with Gasteiger partial charge in [-0.1, -0.05) is 25.1 Å². The fourth-order valence-corrected chi connectivity index (χ4v) is 3.97. The van der Waals surface area contributed by atoms with E-state index in [9.17, 15) is 4.79 Å². The van der Waals surface area contributed by atoms with Crippen LogP contribution >= 0.6 is 0 Å². The van der Waals surface area contributed by atoms with Crippen LogP contribution in [0.1, 0.15) is 29.3 Å². The van der Waals surface area contributed by atoms with Gasteiger partial charge in [0.15, 0.2) is 0 Å². The molecule has 2 aliphatic rings. The molecule has 2 aromatic rings. The van der Waals surface area contributed by atoms with E-state index in [1.807, 2.05) is 42.3 Å². The number of pyridine rings is 1. The molecular formula is C21H25N3O2. The maximum absolute atomic E-state index is 13.3. The summed E-state index contributed by atoms with van der Waals surface area (Å²) in [4.78, 5) is 21.7. The summed E-state index contributed by atoms with van der Waals surface area (Å²) >= 11 is 0. The van der Waals surface area contributed by atoms with Crippen molar-refractivity contribution in [3.05, 3.63) is 53.7 Å². The Morgan fingerprint density at radius 2 is 2.15 bits per heavy atom. The largest absolute Gasteiger partial charge is 0.376 e. The Hall–Kier alpha value is -2.40. The Bertz CT molecular complexity index is 807. The Kier molecular flexibility index (Phi) is 4.64. The second-order valence-corrected chi connectivity index (χ2v) is 7.39. The van der Waals surface area contributed by atoms with E-state index in [4.69, 9.17) is 4.74 Å². The minimum Gasteiger partial charge on any atom is -0.376 e. The molecule has 1 amide bonds. The summed E-state index contributed by atoms with van der Waals surface area (Å²) in [6.07, 6.45) is 3.91. The molecular weight excluding hydrogens is 326 g/mol. The predicted molar refractivity (Wildman–Crippen MR) is 103 cm³/mol.